The third-order valence-electron chi connectivity index (χ3n) is 3.57. The van der Waals surface area contributed by atoms with E-state index in [2.05, 4.69) is 15.8 Å². The average molecular weight is 431 g/mol. The molecule has 8 nitrogen and oxygen atoms in total. The van der Waals surface area contributed by atoms with Crippen molar-refractivity contribution < 1.29 is 28.0 Å². The maximum absolute atomic E-state index is 12.7. The topological polar surface area (TPSA) is 117 Å². The summed E-state index contributed by atoms with van der Waals surface area (Å²) in [5.41, 5.74) is 0.407. The lowest BCUT2D eigenvalue weighted by Gasteiger charge is -2.10. The van der Waals surface area contributed by atoms with Crippen molar-refractivity contribution in [2.24, 2.45) is 5.10 Å². The number of nitrogens with one attached hydrogen (secondary N) is 2. The van der Waals surface area contributed by atoms with E-state index in [9.17, 15) is 33.2 Å². The van der Waals surface area contributed by atoms with Crippen molar-refractivity contribution in [2.45, 2.75) is 12.6 Å². The van der Waals surface area contributed by atoms with Crippen molar-refractivity contribution in [3.05, 3.63) is 62.7 Å². The number of hydrogen-bond donors (Lipinski definition) is 3. The quantitative estimate of drug-likeness (QED) is 0.349. The number of anilines is 1. The van der Waals surface area contributed by atoms with Crippen molar-refractivity contribution >= 4 is 35.1 Å². The van der Waals surface area contributed by atoms with Gasteiger partial charge in [-0.15, -0.1) is 0 Å². The minimum absolute atomic E-state index is 0.0873. The molecule has 0 bridgehead atoms. The lowest BCUT2D eigenvalue weighted by Crippen LogP contribution is -2.21. The molecule has 0 aliphatic rings. The number of alkyl halides is 3. The van der Waals surface area contributed by atoms with Crippen LogP contribution >= 0.6 is 11.6 Å². The highest BCUT2D eigenvalue weighted by atomic mass is 35.5. The zero-order chi connectivity index (χ0) is 21.6. The van der Waals surface area contributed by atoms with Crippen LogP contribution in [-0.4, -0.2) is 28.7 Å². The molecule has 0 fully saturated rings. The van der Waals surface area contributed by atoms with Gasteiger partial charge in [-0.25, -0.2) is 5.43 Å². The van der Waals surface area contributed by atoms with E-state index in [4.69, 9.17) is 11.6 Å². The van der Waals surface area contributed by atoms with Crippen LogP contribution in [0.5, 0.6) is 5.75 Å². The van der Waals surface area contributed by atoms with Gasteiger partial charge in [0.25, 0.3) is 5.69 Å². The summed E-state index contributed by atoms with van der Waals surface area (Å²) in [6.45, 7) is -0.0873. The fraction of sp³-hybridized carbons (Fsp3) is 0.176. The number of hydrogen-bond acceptors (Lipinski definition) is 6. The zero-order valence-electron chi connectivity index (χ0n) is 14.5. The van der Waals surface area contributed by atoms with Crippen LogP contribution in [0.3, 0.4) is 0 Å². The molecule has 29 heavy (non-hydrogen) atoms. The van der Waals surface area contributed by atoms with Gasteiger partial charge in [0, 0.05) is 29.6 Å². The summed E-state index contributed by atoms with van der Waals surface area (Å²) in [5, 5.41) is 27.2. The number of carbonyl (C=O) groups is 1. The molecule has 3 N–H and O–H groups in total. The molecule has 0 unspecified atom stereocenters. The molecule has 154 valence electrons. The number of hydrazone groups is 1. The van der Waals surface area contributed by atoms with E-state index < -0.39 is 28.3 Å². The van der Waals surface area contributed by atoms with Crippen LogP contribution in [-0.2, 0) is 11.0 Å². The fourth-order valence-corrected chi connectivity index (χ4v) is 2.36. The van der Waals surface area contributed by atoms with Crippen molar-refractivity contribution in [2.75, 3.05) is 11.9 Å². The Kier molecular flexibility index (Phi) is 6.99. The maximum atomic E-state index is 12.7. The number of rotatable bonds is 7. The van der Waals surface area contributed by atoms with E-state index >= 15 is 0 Å². The molecule has 2 rings (SSSR count). The lowest BCUT2D eigenvalue weighted by atomic mass is 10.1. The third-order valence-corrected chi connectivity index (χ3v) is 3.81. The van der Waals surface area contributed by atoms with E-state index in [-0.39, 0.29) is 30.0 Å². The van der Waals surface area contributed by atoms with Crippen molar-refractivity contribution in [1.82, 2.24) is 5.43 Å². The summed E-state index contributed by atoms with van der Waals surface area (Å²) >= 11 is 5.78. The Morgan fingerprint density at radius 3 is 2.66 bits per heavy atom. The Hall–Kier alpha value is -3.34. The Bertz CT molecular complexity index is 951. The highest BCUT2D eigenvalue weighted by Gasteiger charge is 2.33. The van der Waals surface area contributed by atoms with Crippen LogP contribution in [0.15, 0.2) is 41.5 Å². The minimum atomic E-state index is -4.71. The first kappa shape index (κ1) is 22.0. The van der Waals surface area contributed by atoms with Gasteiger partial charge in [0.2, 0.25) is 5.91 Å². The van der Waals surface area contributed by atoms with Gasteiger partial charge in [-0.1, -0.05) is 11.6 Å². The summed E-state index contributed by atoms with van der Waals surface area (Å²) in [7, 11) is 0. The SMILES string of the molecule is O=C(CCNc1ccc(C(F)(F)F)cc1[N+](=O)[O-])N/N=C/c1cc(Cl)ccc1O. The Morgan fingerprint density at radius 2 is 2.00 bits per heavy atom. The van der Waals surface area contributed by atoms with Crippen LogP contribution < -0.4 is 10.7 Å². The van der Waals surface area contributed by atoms with E-state index in [0.29, 0.717) is 17.2 Å². The molecule has 2 aromatic rings. The number of nitrogens with zero attached hydrogens (tertiary/aromatic N) is 2. The molecule has 1 amide bonds. The Labute approximate surface area is 167 Å². The van der Waals surface area contributed by atoms with Crippen molar-refractivity contribution in [3.8, 4) is 5.75 Å². The number of halogens is 4. The van der Waals surface area contributed by atoms with Gasteiger partial charge in [0.1, 0.15) is 11.4 Å². The second-order valence-electron chi connectivity index (χ2n) is 5.66. The molecule has 0 aliphatic carbocycles. The number of phenolic OH excluding ortho intramolecular Hbond substituents is 1. The summed E-state index contributed by atoms with van der Waals surface area (Å²) in [6, 6.07) is 6.31. The first-order chi connectivity index (χ1) is 13.6. The maximum Gasteiger partial charge on any atom is 0.416 e. The van der Waals surface area contributed by atoms with Gasteiger partial charge in [0.05, 0.1) is 16.7 Å². The van der Waals surface area contributed by atoms with Gasteiger partial charge < -0.3 is 10.4 Å². The average Bonchev–Trinajstić information content (AvgIpc) is 2.63. The molecule has 0 heterocycles. The predicted octanol–water partition coefficient (Wildman–Crippen LogP) is 3.92. The highest BCUT2D eigenvalue weighted by molar-refractivity contribution is 6.30. The third kappa shape index (κ3) is 6.35. The zero-order valence-corrected chi connectivity index (χ0v) is 15.3. The number of amides is 1. The number of phenols is 1. The minimum Gasteiger partial charge on any atom is -0.507 e. The van der Waals surface area contributed by atoms with Gasteiger partial charge in [0.15, 0.2) is 0 Å². The summed E-state index contributed by atoms with van der Waals surface area (Å²) < 4.78 is 38.0. The van der Waals surface area contributed by atoms with Crippen molar-refractivity contribution in [1.29, 1.82) is 0 Å². The molecule has 0 saturated heterocycles. The highest BCUT2D eigenvalue weighted by Crippen LogP contribution is 2.34. The molecular weight excluding hydrogens is 417 g/mol. The standard InChI is InChI=1S/C17H14ClF3N4O4/c18-12-2-4-15(26)10(7-12)9-23-24-16(27)5-6-22-13-3-1-11(17(19,20)21)8-14(13)25(28)29/h1-4,7-9,22,26H,5-6H2,(H,24,27)/b23-9+. The first-order valence-electron chi connectivity index (χ1n) is 7.98. The first-order valence-corrected chi connectivity index (χ1v) is 8.35. The molecule has 12 heteroatoms. The summed E-state index contributed by atoms with van der Waals surface area (Å²) in [5.74, 6) is -0.659. The van der Waals surface area contributed by atoms with Gasteiger partial charge in [-0.05, 0) is 30.3 Å². The molecule has 0 radical (unpaired) electrons. The Morgan fingerprint density at radius 1 is 1.28 bits per heavy atom. The van der Waals surface area contributed by atoms with Crippen LogP contribution in [0, 0.1) is 10.1 Å². The van der Waals surface area contributed by atoms with E-state index in [1.165, 1.54) is 24.4 Å². The molecule has 0 saturated carbocycles. The molecule has 0 spiro atoms. The molecule has 2 aromatic carbocycles. The van der Waals surface area contributed by atoms with Crippen LogP contribution in [0.25, 0.3) is 0 Å². The van der Waals surface area contributed by atoms with Crippen molar-refractivity contribution in [3.63, 3.8) is 0 Å². The van der Waals surface area contributed by atoms with Gasteiger partial charge in [-0.3, -0.25) is 14.9 Å². The second kappa shape index (κ2) is 9.24. The number of aromatic hydroxyl groups is 1. The van der Waals surface area contributed by atoms with Crippen LogP contribution in [0.4, 0.5) is 24.5 Å². The van der Waals surface area contributed by atoms with Gasteiger partial charge >= 0.3 is 6.18 Å². The number of benzene rings is 2. The molecule has 0 aromatic heterocycles. The smallest absolute Gasteiger partial charge is 0.416 e. The van der Waals surface area contributed by atoms with Gasteiger partial charge in [-0.2, -0.15) is 18.3 Å². The predicted molar refractivity (Wildman–Crippen MR) is 100 cm³/mol. The number of nitro benzene ring substituents is 1. The van der Waals surface area contributed by atoms with E-state index in [1.54, 1.807) is 0 Å². The normalized spacial score (nSPS) is 11.4. The second-order valence-corrected chi connectivity index (χ2v) is 6.10. The van der Waals surface area contributed by atoms with E-state index in [1.807, 2.05) is 0 Å². The number of nitro groups is 1. The summed E-state index contributed by atoms with van der Waals surface area (Å²) in [4.78, 5) is 21.8. The summed E-state index contributed by atoms with van der Waals surface area (Å²) in [6.07, 6.45) is -3.71. The van der Waals surface area contributed by atoms with Crippen LogP contribution in [0.2, 0.25) is 5.02 Å². The fourth-order valence-electron chi connectivity index (χ4n) is 2.18. The van der Waals surface area contributed by atoms with E-state index in [0.717, 1.165) is 6.07 Å². The molecular formula is C17H14ClF3N4O4. The Balaban J connectivity index is 1.92. The number of carbonyl (C=O) groups excluding carboxylic acids is 1. The molecule has 0 atom stereocenters. The largest absolute Gasteiger partial charge is 0.507 e. The monoisotopic (exact) mass is 430 g/mol. The molecule has 0 aliphatic heterocycles. The van der Waals surface area contributed by atoms with Crippen LogP contribution in [0.1, 0.15) is 17.5 Å². The lowest BCUT2D eigenvalue weighted by molar-refractivity contribution is -0.384.